The number of hydrogen-bond acceptors (Lipinski definition) is 5. The lowest BCUT2D eigenvalue weighted by atomic mass is 9.89. The molecule has 0 radical (unpaired) electrons. The molecule has 0 unspecified atom stereocenters. The van der Waals surface area contributed by atoms with E-state index in [1.807, 2.05) is 0 Å². The van der Waals surface area contributed by atoms with Gasteiger partial charge >= 0.3 is 0 Å². The van der Waals surface area contributed by atoms with Crippen molar-refractivity contribution in [1.29, 1.82) is 5.41 Å². The minimum absolute atomic E-state index is 0.200. The lowest BCUT2D eigenvalue weighted by molar-refractivity contribution is -0.385. The summed E-state index contributed by atoms with van der Waals surface area (Å²) in [6, 6.07) is 8.02. The van der Waals surface area contributed by atoms with Crippen molar-refractivity contribution in [2.45, 2.75) is 24.1 Å². The second-order valence-corrected chi connectivity index (χ2v) is 9.36. The quantitative estimate of drug-likeness (QED) is 0.598. The Kier molecular flexibility index (Phi) is 4.49. The minimum atomic E-state index is -4.22. The van der Waals surface area contributed by atoms with Gasteiger partial charge in [-0.05, 0) is 26.0 Å². The second-order valence-electron chi connectivity index (χ2n) is 7.03. The van der Waals surface area contributed by atoms with Gasteiger partial charge in [-0.25, -0.2) is 17.2 Å². The van der Waals surface area contributed by atoms with Crippen LogP contribution in [-0.2, 0) is 20.1 Å². The number of non-ortho nitro benzene ring substituents is 1. The molecule has 1 aliphatic rings. The first-order valence-electron chi connectivity index (χ1n) is 8.21. The van der Waals surface area contributed by atoms with Crippen LogP contribution < -0.4 is 5.32 Å². The number of sulfone groups is 1. The Morgan fingerprint density at radius 3 is 2.29 bits per heavy atom. The standard InChI is InChI=1S/C18H17F2N3O4S/c1-17(13-9-11(23(24)25)7-8-15(13)20)10-28(26,27)18(2,16(21)22-17)12-5-3-4-6-14(12)19/h3-9H,10H2,1-2H3,(H2,21,22)/t17-,18+/m0/s1. The van der Waals surface area contributed by atoms with Crippen molar-refractivity contribution in [2.75, 3.05) is 5.75 Å². The largest absolute Gasteiger partial charge is 0.362 e. The van der Waals surface area contributed by atoms with Gasteiger partial charge in [0.1, 0.15) is 17.5 Å². The van der Waals surface area contributed by atoms with Gasteiger partial charge in [-0.3, -0.25) is 15.5 Å². The van der Waals surface area contributed by atoms with E-state index in [0.717, 1.165) is 24.3 Å². The van der Waals surface area contributed by atoms with Crippen molar-refractivity contribution >= 4 is 21.4 Å². The summed E-state index contributed by atoms with van der Waals surface area (Å²) in [5.74, 6) is -2.87. The molecule has 0 amide bonds. The van der Waals surface area contributed by atoms with E-state index < -0.39 is 54.0 Å². The predicted molar refractivity (Wildman–Crippen MR) is 98.8 cm³/mol. The zero-order valence-electron chi connectivity index (χ0n) is 15.0. The van der Waals surface area contributed by atoms with Crippen LogP contribution in [0.25, 0.3) is 0 Å². The molecule has 28 heavy (non-hydrogen) atoms. The van der Waals surface area contributed by atoms with Gasteiger partial charge < -0.3 is 5.32 Å². The van der Waals surface area contributed by atoms with Crippen LogP contribution in [0.4, 0.5) is 14.5 Å². The first kappa shape index (κ1) is 19.9. The number of benzene rings is 2. The SMILES string of the molecule is C[C@@]1(c2ccccc2F)C(=N)N[C@](C)(c2cc([N+](=O)[O-])ccc2F)CS1(=O)=O. The summed E-state index contributed by atoms with van der Waals surface area (Å²) in [5, 5.41) is 22.0. The maximum Gasteiger partial charge on any atom is 0.269 e. The third kappa shape index (κ3) is 2.84. The first-order valence-corrected chi connectivity index (χ1v) is 9.86. The van der Waals surface area contributed by atoms with Crippen molar-refractivity contribution in [3.63, 3.8) is 0 Å². The molecule has 2 atom stereocenters. The molecule has 10 heteroatoms. The average molecular weight is 409 g/mol. The molecule has 2 aromatic carbocycles. The van der Waals surface area contributed by atoms with E-state index in [2.05, 4.69) is 5.32 Å². The highest BCUT2D eigenvalue weighted by Gasteiger charge is 2.55. The molecule has 1 saturated heterocycles. The Hall–Kier alpha value is -2.88. The molecule has 148 valence electrons. The van der Waals surface area contributed by atoms with E-state index in [4.69, 9.17) is 5.41 Å². The molecule has 1 heterocycles. The molecular weight excluding hydrogens is 392 g/mol. The molecule has 1 aliphatic heterocycles. The Labute approximate surface area is 160 Å². The summed E-state index contributed by atoms with van der Waals surface area (Å²) >= 11 is 0. The number of rotatable bonds is 3. The first-order chi connectivity index (χ1) is 12.9. The van der Waals surface area contributed by atoms with E-state index in [-0.39, 0.29) is 11.1 Å². The third-order valence-corrected chi connectivity index (χ3v) is 7.75. The van der Waals surface area contributed by atoms with Crippen LogP contribution in [-0.4, -0.2) is 24.9 Å². The lowest BCUT2D eigenvalue weighted by Gasteiger charge is -2.44. The number of hydrogen-bond donors (Lipinski definition) is 2. The van der Waals surface area contributed by atoms with Gasteiger partial charge in [0.25, 0.3) is 5.69 Å². The number of amidine groups is 1. The number of nitro groups is 1. The maximum absolute atomic E-state index is 14.4. The molecule has 7 nitrogen and oxygen atoms in total. The van der Waals surface area contributed by atoms with Crippen molar-refractivity contribution in [3.8, 4) is 0 Å². The number of halogens is 2. The highest BCUT2D eigenvalue weighted by molar-refractivity contribution is 7.93. The summed E-state index contributed by atoms with van der Waals surface area (Å²) in [6.07, 6.45) is 0. The van der Waals surface area contributed by atoms with Crippen LogP contribution in [0.3, 0.4) is 0 Å². The van der Waals surface area contributed by atoms with Crippen molar-refractivity contribution in [1.82, 2.24) is 5.32 Å². The molecule has 0 aliphatic carbocycles. The monoisotopic (exact) mass is 409 g/mol. The fourth-order valence-electron chi connectivity index (χ4n) is 3.46. The molecule has 0 saturated carbocycles. The molecule has 3 rings (SSSR count). The van der Waals surface area contributed by atoms with Crippen LogP contribution in [0.1, 0.15) is 25.0 Å². The normalized spacial score (nSPS) is 26.5. The van der Waals surface area contributed by atoms with E-state index in [9.17, 15) is 27.3 Å². The fourth-order valence-corrected chi connectivity index (χ4v) is 5.60. The van der Waals surface area contributed by atoms with Crippen LogP contribution in [0.5, 0.6) is 0 Å². The molecular formula is C18H17F2N3O4S. The third-order valence-electron chi connectivity index (χ3n) is 5.12. The molecule has 0 spiro atoms. The number of nitrogens with zero attached hydrogens (tertiary/aromatic N) is 1. The van der Waals surface area contributed by atoms with Crippen LogP contribution in [0.15, 0.2) is 42.5 Å². The minimum Gasteiger partial charge on any atom is -0.362 e. The van der Waals surface area contributed by atoms with Gasteiger partial charge in [-0.1, -0.05) is 18.2 Å². The van der Waals surface area contributed by atoms with Gasteiger partial charge in [0, 0.05) is 23.3 Å². The van der Waals surface area contributed by atoms with Crippen molar-refractivity contribution < 1.29 is 22.1 Å². The van der Waals surface area contributed by atoms with Crippen LogP contribution >= 0.6 is 0 Å². The van der Waals surface area contributed by atoms with Gasteiger partial charge in [-0.15, -0.1) is 0 Å². The predicted octanol–water partition coefficient (Wildman–Crippen LogP) is 3.00. The molecule has 1 fully saturated rings. The fraction of sp³-hybridized carbons (Fsp3) is 0.278. The summed E-state index contributed by atoms with van der Waals surface area (Å²) in [7, 11) is -4.22. The summed E-state index contributed by atoms with van der Waals surface area (Å²) in [5.41, 5.74) is -2.51. The zero-order valence-corrected chi connectivity index (χ0v) is 15.8. The summed E-state index contributed by atoms with van der Waals surface area (Å²) < 4.78 is 53.1. The van der Waals surface area contributed by atoms with E-state index >= 15 is 0 Å². The lowest BCUT2D eigenvalue weighted by Crippen LogP contribution is -2.63. The van der Waals surface area contributed by atoms with Gasteiger partial charge in [0.05, 0.1) is 16.2 Å². The van der Waals surface area contributed by atoms with Crippen molar-refractivity contribution in [2.24, 2.45) is 0 Å². The van der Waals surface area contributed by atoms with Crippen LogP contribution in [0.2, 0.25) is 0 Å². The van der Waals surface area contributed by atoms with E-state index in [1.54, 1.807) is 0 Å². The van der Waals surface area contributed by atoms with Gasteiger partial charge in [0.15, 0.2) is 14.6 Å². The van der Waals surface area contributed by atoms with Crippen molar-refractivity contribution in [3.05, 3.63) is 75.3 Å². The highest BCUT2D eigenvalue weighted by Crippen LogP contribution is 2.42. The average Bonchev–Trinajstić information content (AvgIpc) is 2.59. The van der Waals surface area contributed by atoms with Gasteiger partial charge in [0.2, 0.25) is 0 Å². The Bertz CT molecular complexity index is 1110. The molecule has 2 N–H and O–H groups in total. The Morgan fingerprint density at radius 1 is 1.11 bits per heavy atom. The Balaban J connectivity index is 2.15. The maximum atomic E-state index is 14.4. The van der Waals surface area contributed by atoms with Gasteiger partial charge in [-0.2, -0.15) is 0 Å². The summed E-state index contributed by atoms with van der Waals surface area (Å²) in [6.45, 7) is 2.54. The number of nitrogens with one attached hydrogen (secondary N) is 2. The molecule has 2 aromatic rings. The van der Waals surface area contributed by atoms with E-state index in [0.29, 0.717) is 0 Å². The second kappa shape index (κ2) is 6.33. The zero-order chi connectivity index (χ0) is 20.9. The van der Waals surface area contributed by atoms with E-state index in [1.165, 1.54) is 32.0 Å². The molecule has 0 bridgehead atoms. The topological polar surface area (TPSA) is 113 Å². The smallest absolute Gasteiger partial charge is 0.269 e. The molecule has 0 aromatic heterocycles. The van der Waals surface area contributed by atoms with Crippen LogP contribution in [0, 0.1) is 27.2 Å². The Morgan fingerprint density at radius 2 is 1.71 bits per heavy atom. The number of nitro benzene ring substituents is 1. The summed E-state index contributed by atoms with van der Waals surface area (Å²) in [4.78, 5) is 10.3. The highest BCUT2D eigenvalue weighted by atomic mass is 32.2.